The second-order valence-electron chi connectivity index (χ2n) is 5.50. The number of hydrogen-bond acceptors (Lipinski definition) is 1. The van der Waals surface area contributed by atoms with Gasteiger partial charge in [0.1, 0.15) is 5.76 Å². The van der Waals surface area contributed by atoms with Gasteiger partial charge in [0.05, 0.1) is 0 Å². The standard InChI is InChI=1S/C22H28O/c1-10-15(2)11-12-16(3)17(4)13-18(5)21(8)22(9)19(6)14-20(7)23/h11-14,23H,2-4,7-10H2,1,5-6H3/b12-11-,18-13-,19-14-. The molecule has 0 rings (SSSR count). The fraction of sp³-hybridized carbons (Fsp3) is 0.182. The van der Waals surface area contributed by atoms with Crippen LogP contribution >= 0.6 is 0 Å². The maximum Gasteiger partial charge on any atom is 0.108 e. The zero-order chi connectivity index (χ0) is 18.2. The summed E-state index contributed by atoms with van der Waals surface area (Å²) < 4.78 is 0. The number of allylic oxidation sites excluding steroid dienone is 11. The van der Waals surface area contributed by atoms with Crippen LogP contribution in [0, 0.1) is 0 Å². The molecule has 0 saturated carbocycles. The number of hydrogen-bond donors (Lipinski definition) is 1. The molecule has 0 radical (unpaired) electrons. The first-order valence-corrected chi connectivity index (χ1v) is 7.47. The molecule has 0 bridgehead atoms. The largest absolute Gasteiger partial charge is 0.509 e. The van der Waals surface area contributed by atoms with Gasteiger partial charge in [0.2, 0.25) is 0 Å². The van der Waals surface area contributed by atoms with E-state index in [2.05, 4.69) is 46.4 Å². The van der Waals surface area contributed by atoms with Crippen molar-refractivity contribution in [3.05, 3.63) is 109 Å². The molecule has 0 saturated heterocycles. The van der Waals surface area contributed by atoms with Crippen LogP contribution in [0.25, 0.3) is 0 Å². The molecule has 0 fully saturated rings. The summed E-state index contributed by atoms with van der Waals surface area (Å²) in [6.45, 7) is 29.4. The van der Waals surface area contributed by atoms with Crippen LogP contribution in [-0.2, 0) is 0 Å². The Morgan fingerprint density at radius 2 is 1.26 bits per heavy atom. The second-order valence-corrected chi connectivity index (χ2v) is 5.50. The highest BCUT2D eigenvalue weighted by molar-refractivity contribution is 5.56. The van der Waals surface area contributed by atoms with E-state index >= 15 is 0 Å². The molecule has 0 aromatic rings. The molecule has 1 nitrogen and oxygen atoms in total. The van der Waals surface area contributed by atoms with Crippen molar-refractivity contribution >= 4 is 0 Å². The number of aliphatic hydroxyl groups excluding tert-OH is 1. The maximum absolute atomic E-state index is 9.24. The summed E-state index contributed by atoms with van der Waals surface area (Å²) >= 11 is 0. The molecule has 0 aliphatic rings. The summed E-state index contributed by atoms with van der Waals surface area (Å²) in [7, 11) is 0. The normalized spacial score (nSPS) is 12.1. The van der Waals surface area contributed by atoms with Gasteiger partial charge in [0.15, 0.2) is 0 Å². The Balaban J connectivity index is 5.11. The molecule has 0 aliphatic carbocycles. The zero-order valence-corrected chi connectivity index (χ0v) is 14.7. The Bertz CT molecular complexity index is 645. The highest BCUT2D eigenvalue weighted by atomic mass is 16.3. The Hall–Kier alpha value is -2.54. The quantitative estimate of drug-likeness (QED) is 0.371. The van der Waals surface area contributed by atoms with Crippen molar-refractivity contribution in [1.29, 1.82) is 0 Å². The molecule has 0 aromatic carbocycles. The molecule has 0 aliphatic heterocycles. The fourth-order valence-corrected chi connectivity index (χ4v) is 1.70. The number of aliphatic hydroxyl groups is 1. The van der Waals surface area contributed by atoms with Gasteiger partial charge in [-0.2, -0.15) is 0 Å². The first-order valence-electron chi connectivity index (χ1n) is 7.47. The monoisotopic (exact) mass is 308 g/mol. The molecular formula is C22H28O. The summed E-state index contributed by atoms with van der Waals surface area (Å²) in [5, 5.41) is 9.24. The van der Waals surface area contributed by atoms with Gasteiger partial charge in [-0.1, -0.05) is 70.2 Å². The summed E-state index contributed by atoms with van der Waals surface area (Å²) in [6, 6.07) is 0. The summed E-state index contributed by atoms with van der Waals surface area (Å²) in [4.78, 5) is 0. The van der Waals surface area contributed by atoms with Crippen molar-refractivity contribution in [2.24, 2.45) is 0 Å². The van der Waals surface area contributed by atoms with Crippen molar-refractivity contribution in [3.63, 3.8) is 0 Å². The fourth-order valence-electron chi connectivity index (χ4n) is 1.70. The van der Waals surface area contributed by atoms with Crippen LogP contribution in [0.15, 0.2) is 109 Å². The minimum Gasteiger partial charge on any atom is -0.509 e. The van der Waals surface area contributed by atoms with Gasteiger partial charge in [-0.3, -0.25) is 0 Å². The van der Waals surface area contributed by atoms with Crippen LogP contribution < -0.4 is 0 Å². The van der Waals surface area contributed by atoms with Gasteiger partial charge in [-0.05, 0) is 59.8 Å². The Kier molecular flexibility index (Phi) is 8.43. The van der Waals surface area contributed by atoms with Crippen LogP contribution in [0.3, 0.4) is 0 Å². The zero-order valence-electron chi connectivity index (χ0n) is 14.7. The predicted molar refractivity (Wildman–Crippen MR) is 104 cm³/mol. The third-order valence-corrected chi connectivity index (χ3v) is 3.48. The van der Waals surface area contributed by atoms with Crippen molar-refractivity contribution < 1.29 is 5.11 Å². The second kappa shape index (κ2) is 9.47. The summed E-state index contributed by atoms with van der Waals surface area (Å²) in [5.74, 6) is -0.00263. The SMILES string of the molecule is C=C(O)/C=C(/C)C(=C)C(=C)/C(C)=C\C(=C)C(=C)/C=C\C(=C)CC. The first kappa shape index (κ1) is 20.5. The topological polar surface area (TPSA) is 20.2 Å². The average molecular weight is 308 g/mol. The Labute approximate surface area is 141 Å². The van der Waals surface area contributed by atoms with Crippen molar-refractivity contribution in [3.8, 4) is 0 Å². The van der Waals surface area contributed by atoms with E-state index in [1.807, 2.05) is 32.1 Å². The van der Waals surface area contributed by atoms with E-state index < -0.39 is 0 Å². The van der Waals surface area contributed by atoms with Crippen LogP contribution in [0.2, 0.25) is 0 Å². The van der Waals surface area contributed by atoms with Crippen molar-refractivity contribution in [2.45, 2.75) is 27.2 Å². The van der Waals surface area contributed by atoms with Crippen LogP contribution in [0.1, 0.15) is 27.2 Å². The van der Waals surface area contributed by atoms with Gasteiger partial charge in [-0.25, -0.2) is 0 Å². The van der Waals surface area contributed by atoms with Gasteiger partial charge >= 0.3 is 0 Å². The van der Waals surface area contributed by atoms with E-state index in [4.69, 9.17) is 0 Å². The molecule has 1 N–H and O–H groups in total. The lowest BCUT2D eigenvalue weighted by Crippen LogP contribution is -1.93. The van der Waals surface area contributed by atoms with Gasteiger partial charge in [-0.15, -0.1) is 0 Å². The highest BCUT2D eigenvalue weighted by Gasteiger charge is 2.06. The molecule has 0 heterocycles. The summed E-state index contributed by atoms with van der Waals surface area (Å²) in [5.41, 5.74) is 5.98. The van der Waals surface area contributed by atoms with Crippen LogP contribution in [0.4, 0.5) is 0 Å². The number of rotatable bonds is 9. The van der Waals surface area contributed by atoms with E-state index in [0.29, 0.717) is 0 Å². The Morgan fingerprint density at radius 1 is 0.783 bits per heavy atom. The maximum atomic E-state index is 9.24. The van der Waals surface area contributed by atoms with Crippen molar-refractivity contribution in [2.75, 3.05) is 0 Å². The van der Waals surface area contributed by atoms with Crippen molar-refractivity contribution in [1.82, 2.24) is 0 Å². The van der Waals surface area contributed by atoms with E-state index in [0.717, 1.165) is 45.4 Å². The third-order valence-electron chi connectivity index (χ3n) is 3.48. The third kappa shape index (κ3) is 7.32. The van der Waals surface area contributed by atoms with Gasteiger partial charge in [0, 0.05) is 0 Å². The van der Waals surface area contributed by atoms with Gasteiger partial charge < -0.3 is 5.11 Å². The molecule has 0 atom stereocenters. The van der Waals surface area contributed by atoms with Crippen LogP contribution in [0.5, 0.6) is 0 Å². The Morgan fingerprint density at radius 3 is 1.70 bits per heavy atom. The molecule has 0 spiro atoms. The van der Waals surface area contributed by atoms with E-state index in [9.17, 15) is 5.11 Å². The predicted octanol–water partition coefficient (Wildman–Crippen LogP) is 6.70. The smallest absolute Gasteiger partial charge is 0.108 e. The lowest BCUT2D eigenvalue weighted by molar-refractivity contribution is 0.434. The first-order chi connectivity index (χ1) is 10.6. The molecule has 23 heavy (non-hydrogen) atoms. The molecular weight excluding hydrogens is 280 g/mol. The molecule has 0 aromatic heterocycles. The average Bonchev–Trinajstić information content (AvgIpc) is 2.49. The van der Waals surface area contributed by atoms with Crippen LogP contribution in [-0.4, -0.2) is 5.11 Å². The minimum atomic E-state index is -0.00263. The molecule has 1 heteroatoms. The molecule has 0 unspecified atom stereocenters. The molecule has 122 valence electrons. The minimum absolute atomic E-state index is 0.00263. The lowest BCUT2D eigenvalue weighted by atomic mass is 9.94. The lowest BCUT2D eigenvalue weighted by Gasteiger charge is -2.12. The highest BCUT2D eigenvalue weighted by Crippen LogP contribution is 2.25. The molecule has 0 amide bonds. The summed E-state index contributed by atoms with van der Waals surface area (Å²) in [6.07, 6.45) is 8.26. The van der Waals surface area contributed by atoms with Gasteiger partial charge in [0.25, 0.3) is 0 Å². The van der Waals surface area contributed by atoms with E-state index in [1.54, 1.807) is 6.08 Å². The van der Waals surface area contributed by atoms with E-state index in [1.165, 1.54) is 0 Å². The van der Waals surface area contributed by atoms with E-state index in [-0.39, 0.29) is 5.76 Å².